The van der Waals surface area contributed by atoms with E-state index in [1.54, 1.807) is 6.92 Å². The first-order chi connectivity index (χ1) is 11.8. The van der Waals surface area contributed by atoms with E-state index < -0.39 is 35.8 Å². The lowest BCUT2D eigenvalue weighted by molar-refractivity contribution is -0.138. The maximum Gasteiger partial charge on any atom is 0.417 e. The molecule has 0 radical (unpaired) electrons. The molecule has 0 heterocycles. The van der Waals surface area contributed by atoms with E-state index in [0.717, 1.165) is 17.7 Å². The van der Waals surface area contributed by atoms with Crippen LogP contribution < -0.4 is 5.32 Å². The van der Waals surface area contributed by atoms with Crippen molar-refractivity contribution < 1.29 is 27.5 Å². The van der Waals surface area contributed by atoms with Crippen molar-refractivity contribution in [1.29, 1.82) is 0 Å². The molecule has 0 saturated carbocycles. The van der Waals surface area contributed by atoms with Gasteiger partial charge in [-0.1, -0.05) is 42.5 Å². The molecule has 2 rings (SSSR count). The molecule has 1 amide bonds. The van der Waals surface area contributed by atoms with Crippen molar-refractivity contribution in [1.82, 2.24) is 5.32 Å². The number of esters is 1. The Labute approximate surface area is 142 Å². The summed E-state index contributed by atoms with van der Waals surface area (Å²) in [5.74, 6) is -1.80. The van der Waals surface area contributed by atoms with Crippen LogP contribution in [-0.2, 0) is 15.7 Å². The number of alkyl halides is 3. The lowest BCUT2D eigenvalue weighted by Gasteiger charge is -2.15. The molecule has 4 nitrogen and oxygen atoms in total. The first-order valence-electron chi connectivity index (χ1n) is 7.46. The van der Waals surface area contributed by atoms with Gasteiger partial charge in [0.05, 0.1) is 17.2 Å². The van der Waals surface area contributed by atoms with Gasteiger partial charge >= 0.3 is 12.1 Å². The van der Waals surface area contributed by atoms with E-state index in [0.29, 0.717) is 0 Å². The van der Waals surface area contributed by atoms with Gasteiger partial charge < -0.3 is 10.1 Å². The maximum absolute atomic E-state index is 12.9. The van der Waals surface area contributed by atoms with Gasteiger partial charge in [0.25, 0.3) is 5.91 Å². The van der Waals surface area contributed by atoms with Gasteiger partial charge in [0.2, 0.25) is 0 Å². The second-order valence-electron chi connectivity index (χ2n) is 5.32. The molecule has 0 aliphatic carbocycles. The molecule has 0 spiro atoms. The molecule has 0 unspecified atom stereocenters. The number of halogens is 3. The normalized spacial score (nSPS) is 12.3. The lowest BCUT2D eigenvalue weighted by Crippen LogP contribution is -2.31. The summed E-state index contributed by atoms with van der Waals surface area (Å²) in [6.45, 7) is 1.08. The topological polar surface area (TPSA) is 55.4 Å². The third-order valence-electron chi connectivity index (χ3n) is 3.46. The number of nitrogens with one attached hydrogen (secondary N) is 1. The molecule has 2 aromatic rings. The zero-order valence-electron chi connectivity index (χ0n) is 13.3. The van der Waals surface area contributed by atoms with Crippen molar-refractivity contribution >= 4 is 11.9 Å². The summed E-state index contributed by atoms with van der Waals surface area (Å²) in [6.07, 6.45) is -4.68. The van der Waals surface area contributed by atoms with Crippen molar-refractivity contribution in [3.8, 4) is 0 Å². The molecule has 0 fully saturated rings. The van der Waals surface area contributed by atoms with Gasteiger partial charge in [0.1, 0.15) is 0 Å². The zero-order chi connectivity index (χ0) is 18.4. The number of ether oxygens (including phenoxy) is 1. The molecule has 0 bridgehead atoms. The smallest absolute Gasteiger partial charge is 0.417 e. The molecular formula is C18H16F3NO3. The second kappa shape index (κ2) is 7.83. The van der Waals surface area contributed by atoms with E-state index in [1.165, 1.54) is 12.1 Å². The van der Waals surface area contributed by atoms with Gasteiger partial charge in [-0.25, -0.2) is 4.79 Å². The summed E-state index contributed by atoms with van der Waals surface area (Å²) in [4.78, 5) is 23.7. The van der Waals surface area contributed by atoms with E-state index in [-0.39, 0.29) is 6.04 Å². The molecule has 0 aliphatic rings. The summed E-state index contributed by atoms with van der Waals surface area (Å²) in [5.41, 5.74) is -0.874. The highest BCUT2D eigenvalue weighted by atomic mass is 19.4. The maximum atomic E-state index is 12.9. The highest BCUT2D eigenvalue weighted by molar-refractivity contribution is 5.93. The van der Waals surface area contributed by atoms with Crippen LogP contribution in [0.1, 0.15) is 34.5 Å². The Morgan fingerprint density at radius 3 is 2.28 bits per heavy atom. The Morgan fingerprint density at radius 2 is 1.64 bits per heavy atom. The summed E-state index contributed by atoms with van der Waals surface area (Å²) < 4.78 is 43.4. The van der Waals surface area contributed by atoms with Crippen LogP contribution in [0.15, 0.2) is 54.6 Å². The summed E-state index contributed by atoms with van der Waals surface area (Å²) in [6, 6.07) is 13.0. The fraction of sp³-hybridized carbons (Fsp3) is 0.222. The Morgan fingerprint density at radius 1 is 1.04 bits per heavy atom. The van der Waals surface area contributed by atoms with Gasteiger partial charge in [-0.05, 0) is 24.6 Å². The van der Waals surface area contributed by atoms with Gasteiger partial charge in [0.15, 0.2) is 6.61 Å². The first-order valence-corrected chi connectivity index (χ1v) is 7.46. The highest BCUT2D eigenvalue weighted by Gasteiger charge is 2.35. The lowest BCUT2D eigenvalue weighted by atomic mass is 10.1. The molecule has 0 saturated heterocycles. The van der Waals surface area contributed by atoms with Crippen molar-refractivity contribution in [2.24, 2.45) is 0 Å². The Hall–Kier alpha value is -2.83. The number of rotatable bonds is 5. The van der Waals surface area contributed by atoms with Crippen LogP contribution in [0.25, 0.3) is 0 Å². The number of amides is 1. The van der Waals surface area contributed by atoms with E-state index in [9.17, 15) is 22.8 Å². The molecular weight excluding hydrogens is 335 g/mol. The SMILES string of the molecule is C[C@@H](NC(=O)COC(=O)c1ccccc1C(F)(F)F)c1ccccc1. The van der Waals surface area contributed by atoms with Crippen molar-refractivity contribution in [3.63, 3.8) is 0 Å². The third-order valence-corrected chi connectivity index (χ3v) is 3.46. The van der Waals surface area contributed by atoms with Gasteiger partial charge in [-0.3, -0.25) is 4.79 Å². The van der Waals surface area contributed by atoms with Crippen LogP contribution >= 0.6 is 0 Å². The van der Waals surface area contributed by atoms with Crippen LogP contribution in [0.4, 0.5) is 13.2 Å². The summed E-state index contributed by atoms with van der Waals surface area (Å²) >= 11 is 0. The zero-order valence-corrected chi connectivity index (χ0v) is 13.3. The Bertz CT molecular complexity index is 745. The van der Waals surface area contributed by atoms with E-state index in [1.807, 2.05) is 30.3 Å². The molecule has 7 heteroatoms. The Kier molecular flexibility index (Phi) is 5.80. The Balaban J connectivity index is 1.95. The largest absolute Gasteiger partial charge is 0.452 e. The van der Waals surface area contributed by atoms with Gasteiger partial charge in [-0.15, -0.1) is 0 Å². The van der Waals surface area contributed by atoms with E-state index in [4.69, 9.17) is 4.74 Å². The minimum Gasteiger partial charge on any atom is -0.452 e. The molecule has 1 atom stereocenters. The van der Waals surface area contributed by atoms with Crippen molar-refractivity contribution in [2.45, 2.75) is 19.1 Å². The summed E-state index contributed by atoms with van der Waals surface area (Å²) in [7, 11) is 0. The molecule has 1 N–H and O–H groups in total. The van der Waals surface area contributed by atoms with E-state index in [2.05, 4.69) is 5.32 Å². The summed E-state index contributed by atoms with van der Waals surface area (Å²) in [5, 5.41) is 2.61. The first kappa shape index (κ1) is 18.5. The fourth-order valence-electron chi connectivity index (χ4n) is 2.23. The minimum atomic E-state index is -4.68. The molecule has 25 heavy (non-hydrogen) atoms. The average molecular weight is 351 g/mol. The van der Waals surface area contributed by atoms with Crippen LogP contribution in [0.3, 0.4) is 0 Å². The van der Waals surface area contributed by atoms with Crippen LogP contribution in [-0.4, -0.2) is 18.5 Å². The third kappa shape index (κ3) is 5.07. The van der Waals surface area contributed by atoms with Crippen LogP contribution in [0.5, 0.6) is 0 Å². The number of hydrogen-bond acceptors (Lipinski definition) is 3. The van der Waals surface area contributed by atoms with Crippen LogP contribution in [0, 0.1) is 0 Å². The highest BCUT2D eigenvalue weighted by Crippen LogP contribution is 2.32. The number of carbonyl (C=O) groups is 2. The number of hydrogen-bond donors (Lipinski definition) is 1. The number of benzene rings is 2. The fourth-order valence-corrected chi connectivity index (χ4v) is 2.23. The minimum absolute atomic E-state index is 0.324. The van der Waals surface area contributed by atoms with Gasteiger partial charge in [0, 0.05) is 0 Å². The molecule has 132 valence electrons. The van der Waals surface area contributed by atoms with Crippen LogP contribution in [0.2, 0.25) is 0 Å². The van der Waals surface area contributed by atoms with Gasteiger partial charge in [-0.2, -0.15) is 13.2 Å². The van der Waals surface area contributed by atoms with Crippen molar-refractivity contribution in [3.05, 3.63) is 71.3 Å². The molecule has 0 aliphatic heterocycles. The monoisotopic (exact) mass is 351 g/mol. The predicted octanol–water partition coefficient (Wildman–Crippen LogP) is 3.74. The standard InChI is InChI=1S/C18H16F3NO3/c1-12(13-7-3-2-4-8-13)22-16(23)11-25-17(24)14-9-5-6-10-15(14)18(19,20)21/h2-10,12H,11H2,1H3,(H,22,23)/t12-/m1/s1. The predicted molar refractivity (Wildman–Crippen MR) is 84.7 cm³/mol. The second-order valence-corrected chi connectivity index (χ2v) is 5.32. The van der Waals surface area contributed by atoms with E-state index >= 15 is 0 Å². The average Bonchev–Trinajstić information content (AvgIpc) is 2.59. The number of carbonyl (C=O) groups excluding carboxylic acids is 2. The molecule has 0 aromatic heterocycles. The quantitative estimate of drug-likeness (QED) is 0.835. The van der Waals surface area contributed by atoms with Crippen molar-refractivity contribution in [2.75, 3.05) is 6.61 Å². The molecule has 2 aromatic carbocycles.